The van der Waals surface area contributed by atoms with Crippen LogP contribution in [0.25, 0.3) is 21.7 Å². The third-order valence-corrected chi connectivity index (χ3v) is 22.6. The standard InChI is InChI=1S/C15H16O.C14H15NO.C14H19NO.C11H14ClNO.C11H18.C9H10Cl2.C9H11Cl.C9H16/c1-10(2)12-6-7-14-15-11(8-9-16-14)4-3-5-13(12)15;1-9(2)11-3-4-12-13-10(6-8-16-12)5-7-15-14(11)13;1-10(2)11-5-6-13-14-12(11)4-3-7-15(14)8-9-16-13;1-7(2)8-3-4-9-11(10(8)12)13-5-6-14-9;1-9(2)10-3-5-11(6-4-10)7-8-11;1-6(2)8-4-3-7(10)5-9(8)11;1-7(2)8-3-5-9(10)6-4-8;1-8(2)9-6-4-3-5-7-9/h3-7,10H,8-9H2,1-2H3;3-5,7,9H,6,8H2,1-2H3;5-6,10H,3-4,7-9H2,1-2H3;3-4,7,13H,5-6H2,1-2H3;3,9H,4-8H2,1-2H3;3-6H,1-2H3;3-7H,1-2H3;6,8H,3-5,7H2,1-2H3. The summed E-state index contributed by atoms with van der Waals surface area (Å²) >= 11 is 23.7. The van der Waals surface area contributed by atoms with Gasteiger partial charge in [-0.25, -0.2) is 0 Å². The van der Waals surface area contributed by atoms with Crippen molar-refractivity contribution < 1.29 is 18.9 Å². The second-order valence-corrected chi connectivity index (χ2v) is 33.2. The average Bonchev–Trinajstić information content (AvgIpc) is 1.72. The Morgan fingerprint density at radius 1 is 0.447 bits per heavy atom. The molecule has 1 saturated carbocycles. The number of ether oxygens (including phenoxy) is 4. The summed E-state index contributed by atoms with van der Waals surface area (Å²) in [4.78, 5) is 7.03. The molecule has 7 nitrogen and oxygen atoms in total. The van der Waals surface area contributed by atoms with E-state index in [0.717, 1.165) is 118 Å². The van der Waals surface area contributed by atoms with Crippen molar-refractivity contribution in [1.29, 1.82) is 0 Å². The van der Waals surface area contributed by atoms with Crippen molar-refractivity contribution in [3.63, 3.8) is 0 Å². The SMILES string of the molecule is CC(C)C1=CCC2(CC1)CC2.CC(C)C1=CCCCC1.CC(C)c1ccc(Cl)cc1.CC(C)c1ccc(Cl)cc1Cl.CC(C)c1ccc2c(c1Cl)NCCO2.CC(C)c1ccc2c3c(cccc13)CCO2.CC(C)c1ccc2c3c(ccnc13)CCO2.CC(C)c1ccc2c3c1CCCN3CCO2. The van der Waals surface area contributed by atoms with Crippen molar-refractivity contribution in [2.45, 2.75) is 230 Å². The molecular weight excluding hydrogens is 1350 g/mol. The summed E-state index contributed by atoms with van der Waals surface area (Å²) in [6.45, 7) is 41.7. The highest BCUT2D eigenvalue weighted by Gasteiger charge is 2.42. The first-order chi connectivity index (χ1) is 49.3. The van der Waals surface area contributed by atoms with Crippen molar-refractivity contribution >= 4 is 79.5 Å². The van der Waals surface area contributed by atoms with Crippen LogP contribution in [0.2, 0.25) is 20.1 Å². The molecular formula is C92H119Cl4N3O4. The fourth-order valence-corrected chi connectivity index (χ4v) is 16.1. The Morgan fingerprint density at radius 2 is 1.02 bits per heavy atom. The van der Waals surface area contributed by atoms with Crippen molar-refractivity contribution in [1.82, 2.24) is 4.98 Å². The highest BCUT2D eigenvalue weighted by Crippen LogP contribution is 2.56. The number of fused-ring (bicyclic) bond motifs is 1. The molecule has 16 rings (SSSR count). The maximum Gasteiger partial charge on any atom is 0.144 e. The first-order valence-electron chi connectivity index (χ1n) is 38.9. The fraction of sp³-hybridized carbons (Fsp3) is 0.489. The zero-order chi connectivity index (χ0) is 74.1. The van der Waals surface area contributed by atoms with E-state index in [9.17, 15) is 0 Å². The molecule has 0 amide bonds. The normalized spacial score (nSPS) is 16.1. The predicted octanol–water partition coefficient (Wildman–Crippen LogP) is 27.7. The van der Waals surface area contributed by atoms with E-state index in [1.165, 1.54) is 138 Å². The Kier molecular flexibility index (Phi) is 30.0. The lowest BCUT2D eigenvalue weighted by Gasteiger charge is -2.37. The largest absolute Gasteiger partial charge is 0.493 e. The summed E-state index contributed by atoms with van der Waals surface area (Å²) in [5.74, 6) is 8.78. The second kappa shape index (κ2) is 38.3. The molecule has 0 unspecified atom stereocenters. The Bertz CT molecular complexity index is 4020. The topological polar surface area (TPSA) is 65.1 Å². The van der Waals surface area contributed by atoms with Crippen LogP contribution in [0.3, 0.4) is 0 Å². The Morgan fingerprint density at radius 3 is 1.61 bits per heavy atom. The zero-order valence-corrected chi connectivity index (χ0v) is 68.0. The van der Waals surface area contributed by atoms with Crippen molar-refractivity contribution in [2.24, 2.45) is 17.3 Å². The van der Waals surface area contributed by atoms with Gasteiger partial charge in [0.05, 0.1) is 41.7 Å². The molecule has 1 N–H and O–H groups in total. The van der Waals surface area contributed by atoms with Gasteiger partial charge in [-0.2, -0.15) is 0 Å². The predicted molar refractivity (Wildman–Crippen MR) is 444 cm³/mol. The molecule has 5 aliphatic heterocycles. The summed E-state index contributed by atoms with van der Waals surface area (Å²) < 4.78 is 22.7. The minimum Gasteiger partial charge on any atom is -0.493 e. The van der Waals surface area contributed by atoms with Gasteiger partial charge < -0.3 is 29.2 Å². The molecule has 0 radical (unpaired) electrons. The maximum atomic E-state index is 6.28. The van der Waals surface area contributed by atoms with E-state index < -0.39 is 0 Å². The van der Waals surface area contributed by atoms with E-state index >= 15 is 0 Å². The molecule has 1 spiro atoms. The van der Waals surface area contributed by atoms with Gasteiger partial charge in [-0.1, -0.05) is 241 Å². The number of pyridine rings is 1. The number of aromatic nitrogens is 1. The Hall–Kier alpha value is -6.35. The van der Waals surface area contributed by atoms with Gasteiger partial charge in [0.25, 0.3) is 0 Å². The number of hydrogen-bond donors (Lipinski definition) is 1. The molecule has 7 aromatic carbocycles. The van der Waals surface area contributed by atoms with Crippen LogP contribution in [0.15, 0.2) is 145 Å². The summed E-state index contributed by atoms with van der Waals surface area (Å²) in [5.41, 5.74) is 19.9. The third kappa shape index (κ3) is 21.7. The van der Waals surface area contributed by atoms with Gasteiger partial charge in [-0.05, 0) is 233 Å². The van der Waals surface area contributed by atoms with Gasteiger partial charge >= 0.3 is 0 Å². The van der Waals surface area contributed by atoms with Crippen LogP contribution in [0, 0.1) is 17.3 Å². The first-order valence-corrected chi connectivity index (χ1v) is 40.4. The lowest BCUT2D eigenvalue weighted by Crippen LogP contribution is -2.37. The van der Waals surface area contributed by atoms with Gasteiger partial charge in [0.1, 0.15) is 36.2 Å². The molecule has 0 saturated heterocycles. The number of benzene rings is 7. The van der Waals surface area contributed by atoms with Crippen LogP contribution in [0.5, 0.6) is 23.0 Å². The monoisotopic (exact) mass is 1470 g/mol. The molecule has 11 heteroatoms. The highest BCUT2D eigenvalue weighted by molar-refractivity contribution is 6.35. The molecule has 3 aliphatic carbocycles. The quantitative estimate of drug-likeness (QED) is 0.152. The molecule has 1 fully saturated rings. The molecule has 0 atom stereocenters. The summed E-state index contributed by atoms with van der Waals surface area (Å²) in [5, 5.41) is 10.3. The van der Waals surface area contributed by atoms with Crippen LogP contribution >= 0.6 is 46.4 Å². The van der Waals surface area contributed by atoms with Gasteiger partial charge in [0.15, 0.2) is 0 Å². The fourth-order valence-electron chi connectivity index (χ4n) is 14.9. The first kappa shape index (κ1) is 80.7. The number of hydrogen-bond acceptors (Lipinski definition) is 7. The summed E-state index contributed by atoms with van der Waals surface area (Å²) in [6, 6.07) is 39.3. The number of nitrogens with one attached hydrogen (secondary N) is 1. The average molecular weight is 1470 g/mol. The van der Waals surface area contributed by atoms with Crippen molar-refractivity contribution in [3.05, 3.63) is 215 Å². The molecule has 0 bridgehead atoms. The van der Waals surface area contributed by atoms with Gasteiger partial charge in [0.2, 0.25) is 0 Å². The smallest absolute Gasteiger partial charge is 0.144 e. The Balaban J connectivity index is 0.000000138. The minimum absolute atomic E-state index is 0.441. The van der Waals surface area contributed by atoms with Crippen molar-refractivity contribution in [3.8, 4) is 23.0 Å². The van der Waals surface area contributed by atoms with E-state index in [4.69, 9.17) is 65.4 Å². The number of halogens is 4. The minimum atomic E-state index is 0.441. The van der Waals surface area contributed by atoms with E-state index in [1.807, 2.05) is 42.6 Å². The molecule has 6 heterocycles. The maximum absolute atomic E-state index is 6.28. The third-order valence-electron chi connectivity index (χ3n) is 21.3. The van der Waals surface area contributed by atoms with E-state index in [1.54, 1.807) is 22.8 Å². The number of allylic oxidation sites excluding steroid dienone is 4. The lowest BCUT2D eigenvalue weighted by molar-refractivity contribution is 0.304. The highest BCUT2D eigenvalue weighted by atomic mass is 35.5. The lowest BCUT2D eigenvalue weighted by atomic mass is 9.83. The number of nitrogens with zero attached hydrogens (tertiary/aromatic N) is 2. The van der Waals surface area contributed by atoms with Crippen LogP contribution < -0.4 is 29.2 Å². The molecule has 8 aliphatic rings. The van der Waals surface area contributed by atoms with E-state index in [0.29, 0.717) is 47.1 Å². The summed E-state index contributed by atoms with van der Waals surface area (Å²) in [6.07, 6.45) is 24.2. The van der Waals surface area contributed by atoms with Crippen LogP contribution in [0.1, 0.15) is 261 Å². The van der Waals surface area contributed by atoms with Crippen molar-refractivity contribution in [2.75, 3.05) is 56.3 Å². The van der Waals surface area contributed by atoms with Gasteiger partial charge in [-0.3, -0.25) is 4.98 Å². The Labute approximate surface area is 640 Å². The van der Waals surface area contributed by atoms with Gasteiger partial charge in [-0.15, -0.1) is 0 Å². The van der Waals surface area contributed by atoms with Crippen LogP contribution in [0.4, 0.5) is 11.4 Å². The van der Waals surface area contributed by atoms with E-state index in [-0.39, 0.29) is 0 Å². The van der Waals surface area contributed by atoms with E-state index in [2.05, 4.69) is 211 Å². The summed E-state index contributed by atoms with van der Waals surface area (Å²) in [7, 11) is 0. The molecule has 554 valence electrons. The molecule has 8 aromatic rings. The molecule has 1 aromatic heterocycles. The van der Waals surface area contributed by atoms with Gasteiger partial charge in [0, 0.05) is 58.0 Å². The number of rotatable bonds is 8. The zero-order valence-electron chi connectivity index (χ0n) is 65.0. The van der Waals surface area contributed by atoms with Crippen LogP contribution in [-0.4, -0.2) is 51.0 Å². The molecule has 103 heavy (non-hydrogen) atoms. The number of anilines is 2. The van der Waals surface area contributed by atoms with Crippen LogP contribution in [-0.2, 0) is 19.3 Å². The second-order valence-electron chi connectivity index (χ2n) is 31.5.